The van der Waals surface area contributed by atoms with Gasteiger partial charge in [-0.15, -0.1) is 0 Å². The lowest BCUT2D eigenvalue weighted by atomic mass is 9.97. The number of nitrogens with one attached hydrogen (secondary N) is 2. The summed E-state index contributed by atoms with van der Waals surface area (Å²) in [6.45, 7) is 2.21. The van der Waals surface area contributed by atoms with Gasteiger partial charge in [-0.2, -0.15) is 0 Å². The van der Waals surface area contributed by atoms with Gasteiger partial charge in [-0.25, -0.2) is 0 Å². The van der Waals surface area contributed by atoms with Crippen molar-refractivity contribution in [1.82, 2.24) is 20.7 Å². The van der Waals surface area contributed by atoms with Gasteiger partial charge in [0.1, 0.15) is 0 Å². The molecule has 2 N–H and O–H groups in total. The summed E-state index contributed by atoms with van der Waals surface area (Å²) in [5, 5.41) is 10.8. The summed E-state index contributed by atoms with van der Waals surface area (Å²) in [6, 6.07) is 9.21. The predicted molar refractivity (Wildman–Crippen MR) is 101 cm³/mol. The quantitative estimate of drug-likeness (QED) is 0.599. The highest BCUT2D eigenvalue weighted by Gasteiger charge is 2.26. The van der Waals surface area contributed by atoms with Gasteiger partial charge in [-0.3, -0.25) is 40.4 Å². The van der Waals surface area contributed by atoms with E-state index in [0.29, 0.717) is 6.54 Å². The molecule has 2 heterocycles. The van der Waals surface area contributed by atoms with Gasteiger partial charge in [0.25, 0.3) is 11.6 Å². The predicted octanol–water partition coefficient (Wildman–Crippen LogP) is 1.66. The van der Waals surface area contributed by atoms with Gasteiger partial charge in [0.05, 0.1) is 10.8 Å². The van der Waals surface area contributed by atoms with Crippen molar-refractivity contribution in [3.8, 4) is 0 Å². The van der Waals surface area contributed by atoms with Crippen LogP contribution in [0.1, 0.15) is 28.8 Å². The molecule has 1 atom stereocenters. The minimum absolute atomic E-state index is 0.108. The zero-order valence-corrected chi connectivity index (χ0v) is 15.2. The maximum Gasteiger partial charge on any atom is 0.270 e. The molecule has 3 rings (SSSR count). The monoisotopic (exact) mass is 383 g/mol. The molecule has 146 valence electrons. The fourth-order valence-electron chi connectivity index (χ4n) is 3.22. The highest BCUT2D eigenvalue weighted by atomic mass is 16.6. The maximum absolute atomic E-state index is 12.4. The van der Waals surface area contributed by atoms with Gasteiger partial charge in [-0.05, 0) is 37.1 Å². The van der Waals surface area contributed by atoms with Gasteiger partial charge < -0.3 is 0 Å². The van der Waals surface area contributed by atoms with Gasteiger partial charge >= 0.3 is 0 Å². The summed E-state index contributed by atoms with van der Waals surface area (Å²) in [6.07, 6.45) is 5.15. The lowest BCUT2D eigenvalue weighted by Gasteiger charge is -2.31. The molecule has 28 heavy (non-hydrogen) atoms. The Labute approximate surface area is 161 Å². The molecular weight excluding hydrogens is 362 g/mol. The molecule has 0 radical (unpaired) electrons. The second-order valence-electron chi connectivity index (χ2n) is 6.69. The molecule has 1 saturated heterocycles. The third-order valence-corrected chi connectivity index (χ3v) is 4.62. The first-order valence-corrected chi connectivity index (χ1v) is 8.99. The van der Waals surface area contributed by atoms with Crippen molar-refractivity contribution in [1.29, 1.82) is 0 Å². The Hall–Kier alpha value is -3.33. The van der Waals surface area contributed by atoms with Gasteiger partial charge in [0.2, 0.25) is 5.91 Å². The molecule has 2 aromatic rings. The van der Waals surface area contributed by atoms with Gasteiger partial charge in [-0.1, -0.05) is 12.1 Å². The summed E-state index contributed by atoms with van der Waals surface area (Å²) in [5.41, 5.74) is 5.78. The number of piperidine rings is 1. The molecule has 9 nitrogen and oxygen atoms in total. The van der Waals surface area contributed by atoms with E-state index in [4.69, 9.17) is 0 Å². The number of likely N-dealkylation sites (tertiary alicyclic amines) is 1. The van der Waals surface area contributed by atoms with E-state index in [0.717, 1.165) is 37.6 Å². The molecule has 1 aromatic heterocycles. The van der Waals surface area contributed by atoms with Crippen LogP contribution in [0.3, 0.4) is 0 Å². The second kappa shape index (κ2) is 9.05. The molecular formula is C19H21N5O4. The van der Waals surface area contributed by atoms with Crippen LogP contribution >= 0.6 is 0 Å². The first-order valence-electron chi connectivity index (χ1n) is 8.99. The normalized spacial score (nSPS) is 16.9. The molecule has 1 fully saturated rings. The third kappa shape index (κ3) is 5.10. The number of hydrazine groups is 1. The van der Waals surface area contributed by atoms with Crippen LogP contribution in [0, 0.1) is 16.0 Å². The fraction of sp³-hybridized carbons (Fsp3) is 0.316. The Bertz CT molecular complexity index is 858. The van der Waals surface area contributed by atoms with Crippen LogP contribution in [-0.2, 0) is 11.3 Å². The number of carbonyl (C=O) groups is 2. The molecule has 9 heteroatoms. The highest BCUT2D eigenvalue weighted by Crippen LogP contribution is 2.18. The number of benzene rings is 1. The van der Waals surface area contributed by atoms with Crippen molar-refractivity contribution < 1.29 is 14.5 Å². The topological polar surface area (TPSA) is 117 Å². The number of aromatic nitrogens is 1. The number of carbonyl (C=O) groups excluding carboxylic acids is 2. The highest BCUT2D eigenvalue weighted by molar-refractivity contribution is 5.96. The molecule has 0 aliphatic carbocycles. The Morgan fingerprint density at radius 3 is 2.86 bits per heavy atom. The molecule has 0 saturated carbocycles. The summed E-state index contributed by atoms with van der Waals surface area (Å²) < 4.78 is 0. The zero-order chi connectivity index (χ0) is 19.9. The van der Waals surface area contributed by atoms with Crippen molar-refractivity contribution >= 4 is 17.5 Å². The molecule has 0 bridgehead atoms. The summed E-state index contributed by atoms with van der Waals surface area (Å²) >= 11 is 0. The first-order chi connectivity index (χ1) is 13.5. The van der Waals surface area contributed by atoms with Crippen molar-refractivity contribution in [3.63, 3.8) is 0 Å². The zero-order valence-electron chi connectivity index (χ0n) is 15.2. The second-order valence-corrected chi connectivity index (χ2v) is 6.69. The summed E-state index contributed by atoms with van der Waals surface area (Å²) in [5.74, 6) is -1.11. The third-order valence-electron chi connectivity index (χ3n) is 4.62. The maximum atomic E-state index is 12.4. The number of amides is 2. The minimum atomic E-state index is -0.597. The molecule has 1 aliphatic rings. The number of hydrogen-bond acceptors (Lipinski definition) is 6. The van der Waals surface area contributed by atoms with Crippen molar-refractivity contribution in [2.45, 2.75) is 19.4 Å². The standard InChI is InChI=1S/C19H21N5O4/c25-18(15-5-1-7-17(10-15)24(27)28)21-22-19(26)16-6-3-9-23(13-16)12-14-4-2-8-20-11-14/h1-2,4-5,7-8,10-11,16H,3,6,9,12-13H2,(H,21,25)(H,22,26)/t16-/m1/s1. The number of hydrogen-bond donors (Lipinski definition) is 2. The van der Waals surface area contributed by atoms with E-state index in [1.165, 1.54) is 18.2 Å². The average Bonchev–Trinajstić information content (AvgIpc) is 2.72. The molecule has 2 amide bonds. The van der Waals surface area contributed by atoms with Crippen LogP contribution in [-0.4, -0.2) is 39.7 Å². The van der Waals surface area contributed by atoms with Crippen LogP contribution in [0.5, 0.6) is 0 Å². The molecule has 1 aliphatic heterocycles. The number of rotatable bonds is 5. The van der Waals surface area contributed by atoms with Crippen LogP contribution in [0.4, 0.5) is 5.69 Å². The Balaban J connectivity index is 1.52. The van der Waals surface area contributed by atoms with Crippen molar-refractivity contribution in [2.75, 3.05) is 13.1 Å². The molecule has 0 unspecified atom stereocenters. The number of nitro benzene ring substituents is 1. The van der Waals surface area contributed by atoms with E-state index >= 15 is 0 Å². The summed E-state index contributed by atoms with van der Waals surface area (Å²) in [4.78, 5) is 41.1. The van der Waals surface area contributed by atoms with Crippen LogP contribution in [0.2, 0.25) is 0 Å². The molecule has 0 spiro atoms. The van der Waals surface area contributed by atoms with Crippen LogP contribution in [0.25, 0.3) is 0 Å². The number of nitro groups is 1. The smallest absolute Gasteiger partial charge is 0.270 e. The molecule has 1 aromatic carbocycles. The van der Waals surface area contributed by atoms with Crippen molar-refractivity contribution in [3.05, 3.63) is 70.0 Å². The average molecular weight is 383 g/mol. The van der Waals surface area contributed by atoms with Crippen molar-refractivity contribution in [2.24, 2.45) is 5.92 Å². The van der Waals surface area contributed by atoms with E-state index in [1.54, 1.807) is 6.20 Å². The number of nitrogens with zero attached hydrogens (tertiary/aromatic N) is 3. The SMILES string of the molecule is O=C(NNC(=O)[C@@H]1CCCN(Cc2cccnc2)C1)c1cccc([N+](=O)[O-])c1. The largest absolute Gasteiger partial charge is 0.298 e. The summed E-state index contributed by atoms with van der Waals surface area (Å²) in [7, 11) is 0. The van der Waals surface area contributed by atoms with E-state index < -0.39 is 10.8 Å². The Morgan fingerprint density at radius 2 is 2.11 bits per heavy atom. The van der Waals surface area contributed by atoms with E-state index in [2.05, 4.69) is 20.7 Å². The van der Waals surface area contributed by atoms with E-state index in [1.807, 2.05) is 18.3 Å². The van der Waals surface area contributed by atoms with Gasteiger partial charge in [0, 0.05) is 43.2 Å². The van der Waals surface area contributed by atoms with Crippen LogP contribution in [0.15, 0.2) is 48.8 Å². The first kappa shape index (κ1) is 19.4. The lowest BCUT2D eigenvalue weighted by Crippen LogP contribution is -2.48. The van der Waals surface area contributed by atoms with E-state index in [-0.39, 0.29) is 23.1 Å². The Morgan fingerprint density at radius 1 is 1.25 bits per heavy atom. The number of pyridine rings is 1. The van der Waals surface area contributed by atoms with Crippen LogP contribution < -0.4 is 10.9 Å². The number of non-ortho nitro benzene ring substituents is 1. The van der Waals surface area contributed by atoms with E-state index in [9.17, 15) is 19.7 Å². The lowest BCUT2D eigenvalue weighted by molar-refractivity contribution is -0.384. The van der Waals surface area contributed by atoms with Gasteiger partial charge in [0.15, 0.2) is 0 Å². The minimum Gasteiger partial charge on any atom is -0.298 e. The Kier molecular flexibility index (Phi) is 6.28. The fourth-order valence-corrected chi connectivity index (χ4v) is 3.22.